The molecule has 0 aliphatic heterocycles. The maximum atomic E-state index is 5.67. The van der Waals surface area contributed by atoms with E-state index in [0.717, 1.165) is 18.7 Å². The molecule has 0 radical (unpaired) electrons. The molecular weight excluding hydrogens is 246 g/mol. The number of hydrogen-bond acceptors (Lipinski definition) is 2. The molecule has 0 atom stereocenters. The molecule has 2 aliphatic carbocycles. The third kappa shape index (κ3) is 6.13. The monoisotopic (exact) mass is 281 g/mol. The summed E-state index contributed by atoms with van der Waals surface area (Å²) in [5.41, 5.74) is 0. The molecule has 0 saturated heterocycles. The van der Waals surface area contributed by atoms with Gasteiger partial charge in [-0.1, -0.05) is 57.8 Å². The Morgan fingerprint density at radius 1 is 0.750 bits per heavy atom. The molecule has 0 unspecified atom stereocenters. The van der Waals surface area contributed by atoms with Gasteiger partial charge in [0.05, 0.1) is 6.10 Å². The Balaban J connectivity index is 1.64. The standard InChI is InChI=1S/C18H35NO/c1-2-20-18-14-17(15-18)19-16-12-10-8-6-4-3-5-7-9-11-13-16/h16-19H,2-15H2,1H3. The molecule has 2 saturated carbocycles. The van der Waals surface area contributed by atoms with Crippen molar-refractivity contribution in [1.82, 2.24) is 5.32 Å². The van der Waals surface area contributed by atoms with Gasteiger partial charge in [-0.25, -0.2) is 0 Å². The van der Waals surface area contributed by atoms with Crippen LogP contribution in [0.3, 0.4) is 0 Å². The van der Waals surface area contributed by atoms with Crippen LogP contribution in [0, 0.1) is 0 Å². The molecule has 0 aromatic carbocycles. The van der Waals surface area contributed by atoms with Crippen LogP contribution in [0.15, 0.2) is 0 Å². The van der Waals surface area contributed by atoms with Crippen molar-refractivity contribution in [3.63, 3.8) is 0 Å². The van der Waals surface area contributed by atoms with Crippen molar-refractivity contribution in [3.05, 3.63) is 0 Å². The van der Waals surface area contributed by atoms with E-state index in [9.17, 15) is 0 Å². The number of hydrogen-bond donors (Lipinski definition) is 1. The summed E-state index contributed by atoms with van der Waals surface area (Å²) in [6, 6.07) is 1.52. The predicted octanol–water partition coefficient (Wildman–Crippen LogP) is 4.82. The average molecular weight is 281 g/mol. The lowest BCUT2D eigenvalue weighted by Crippen LogP contribution is -2.49. The molecular formula is C18H35NO. The summed E-state index contributed by atoms with van der Waals surface area (Å²) < 4.78 is 5.67. The first-order valence-electron chi connectivity index (χ1n) is 9.26. The van der Waals surface area contributed by atoms with Gasteiger partial charge in [0.1, 0.15) is 0 Å². The van der Waals surface area contributed by atoms with E-state index in [0.29, 0.717) is 6.10 Å². The molecule has 2 fully saturated rings. The Labute approximate surface area is 126 Å². The molecule has 2 heteroatoms. The maximum absolute atomic E-state index is 5.67. The molecule has 2 aliphatic rings. The first kappa shape index (κ1) is 16.3. The summed E-state index contributed by atoms with van der Waals surface area (Å²) in [5.74, 6) is 0. The second kappa shape index (κ2) is 9.78. The predicted molar refractivity (Wildman–Crippen MR) is 86.1 cm³/mol. The van der Waals surface area contributed by atoms with Crippen LogP contribution in [-0.2, 0) is 4.74 Å². The van der Waals surface area contributed by atoms with Crippen LogP contribution in [0.1, 0.15) is 90.4 Å². The highest BCUT2D eigenvalue weighted by Gasteiger charge is 2.30. The molecule has 2 nitrogen and oxygen atoms in total. The van der Waals surface area contributed by atoms with Crippen molar-refractivity contribution in [2.45, 2.75) is 109 Å². The smallest absolute Gasteiger partial charge is 0.0604 e. The molecule has 0 heterocycles. The molecule has 0 amide bonds. The lowest BCUT2D eigenvalue weighted by molar-refractivity contribution is -0.0129. The van der Waals surface area contributed by atoms with Gasteiger partial charge in [0.25, 0.3) is 0 Å². The third-order valence-electron chi connectivity index (χ3n) is 5.07. The van der Waals surface area contributed by atoms with E-state index >= 15 is 0 Å². The summed E-state index contributed by atoms with van der Waals surface area (Å²) >= 11 is 0. The minimum absolute atomic E-state index is 0.545. The highest BCUT2D eigenvalue weighted by molar-refractivity contribution is 4.88. The Kier molecular flexibility index (Phi) is 7.97. The van der Waals surface area contributed by atoms with Gasteiger partial charge in [-0.05, 0) is 32.6 Å². The normalized spacial score (nSPS) is 31.1. The summed E-state index contributed by atoms with van der Waals surface area (Å²) in [4.78, 5) is 0. The van der Waals surface area contributed by atoms with Crippen molar-refractivity contribution >= 4 is 0 Å². The largest absolute Gasteiger partial charge is 0.378 e. The van der Waals surface area contributed by atoms with E-state index in [1.54, 1.807) is 0 Å². The minimum Gasteiger partial charge on any atom is -0.378 e. The molecule has 0 bridgehead atoms. The van der Waals surface area contributed by atoms with Gasteiger partial charge in [0.15, 0.2) is 0 Å². The lowest BCUT2D eigenvalue weighted by Gasteiger charge is -2.38. The number of rotatable bonds is 4. The van der Waals surface area contributed by atoms with Crippen molar-refractivity contribution < 1.29 is 4.74 Å². The highest BCUT2D eigenvalue weighted by atomic mass is 16.5. The Morgan fingerprint density at radius 3 is 1.75 bits per heavy atom. The molecule has 1 N–H and O–H groups in total. The van der Waals surface area contributed by atoms with Gasteiger partial charge in [0, 0.05) is 18.7 Å². The van der Waals surface area contributed by atoms with Crippen LogP contribution in [0.4, 0.5) is 0 Å². The summed E-state index contributed by atoms with van der Waals surface area (Å²) in [6.45, 7) is 2.98. The van der Waals surface area contributed by atoms with Crippen molar-refractivity contribution in [2.24, 2.45) is 0 Å². The van der Waals surface area contributed by atoms with Gasteiger partial charge in [0.2, 0.25) is 0 Å². The van der Waals surface area contributed by atoms with Crippen molar-refractivity contribution in [3.8, 4) is 0 Å². The van der Waals surface area contributed by atoms with Crippen LogP contribution < -0.4 is 5.32 Å². The van der Waals surface area contributed by atoms with Gasteiger partial charge in [-0.2, -0.15) is 0 Å². The lowest BCUT2D eigenvalue weighted by atomic mass is 9.87. The summed E-state index contributed by atoms with van der Waals surface area (Å²) in [7, 11) is 0. The highest BCUT2D eigenvalue weighted by Crippen LogP contribution is 2.25. The molecule has 0 aromatic heterocycles. The summed E-state index contributed by atoms with van der Waals surface area (Å²) in [5, 5.41) is 3.92. The fourth-order valence-corrected chi connectivity index (χ4v) is 3.74. The average Bonchev–Trinajstić information content (AvgIpc) is 2.39. The van der Waals surface area contributed by atoms with E-state index in [1.807, 2.05) is 0 Å². The SMILES string of the molecule is CCOC1CC(NC2CCCCCCCCCCC2)C1. The van der Waals surface area contributed by atoms with Crippen LogP contribution >= 0.6 is 0 Å². The van der Waals surface area contributed by atoms with Crippen LogP contribution in [-0.4, -0.2) is 24.8 Å². The summed E-state index contributed by atoms with van der Waals surface area (Å²) in [6.07, 6.45) is 18.9. The molecule has 2 rings (SSSR count). The van der Waals surface area contributed by atoms with Crippen LogP contribution in [0.25, 0.3) is 0 Å². The van der Waals surface area contributed by atoms with E-state index in [-0.39, 0.29) is 0 Å². The van der Waals surface area contributed by atoms with E-state index < -0.39 is 0 Å². The van der Waals surface area contributed by atoms with Crippen molar-refractivity contribution in [2.75, 3.05) is 6.61 Å². The van der Waals surface area contributed by atoms with E-state index in [1.165, 1.54) is 83.5 Å². The minimum atomic E-state index is 0.545. The Hall–Kier alpha value is -0.0800. The Bertz CT molecular complexity index is 226. The maximum Gasteiger partial charge on any atom is 0.0604 e. The zero-order valence-corrected chi connectivity index (χ0v) is 13.5. The Morgan fingerprint density at radius 2 is 1.25 bits per heavy atom. The van der Waals surface area contributed by atoms with Crippen molar-refractivity contribution in [1.29, 1.82) is 0 Å². The molecule has 20 heavy (non-hydrogen) atoms. The van der Waals surface area contributed by atoms with Crippen LogP contribution in [0.2, 0.25) is 0 Å². The fourth-order valence-electron chi connectivity index (χ4n) is 3.74. The number of nitrogens with one attached hydrogen (secondary N) is 1. The molecule has 0 aromatic rings. The number of ether oxygens (including phenoxy) is 1. The second-order valence-electron chi connectivity index (χ2n) is 6.87. The van der Waals surface area contributed by atoms with Gasteiger partial charge < -0.3 is 10.1 Å². The molecule has 118 valence electrons. The quantitative estimate of drug-likeness (QED) is 0.798. The molecule has 0 spiro atoms. The van der Waals surface area contributed by atoms with E-state index in [2.05, 4.69) is 12.2 Å². The van der Waals surface area contributed by atoms with Gasteiger partial charge in [-0.15, -0.1) is 0 Å². The topological polar surface area (TPSA) is 21.3 Å². The zero-order chi connectivity index (χ0) is 14.0. The zero-order valence-electron chi connectivity index (χ0n) is 13.5. The second-order valence-corrected chi connectivity index (χ2v) is 6.87. The first-order chi connectivity index (χ1) is 9.88. The fraction of sp³-hybridized carbons (Fsp3) is 1.00. The van der Waals surface area contributed by atoms with Gasteiger partial charge in [-0.3, -0.25) is 0 Å². The first-order valence-corrected chi connectivity index (χ1v) is 9.26. The van der Waals surface area contributed by atoms with Gasteiger partial charge >= 0.3 is 0 Å². The van der Waals surface area contributed by atoms with E-state index in [4.69, 9.17) is 4.74 Å². The van der Waals surface area contributed by atoms with Crippen LogP contribution in [0.5, 0.6) is 0 Å². The third-order valence-corrected chi connectivity index (χ3v) is 5.07.